The first-order valence-corrected chi connectivity index (χ1v) is 25.6. The largest absolute Gasteiger partial charge is 0.864 e. The highest BCUT2D eigenvalue weighted by atomic mass is 19.4. The number of hydrogen-bond acceptors (Lipinski definition) is 4. The molecule has 432 valence electrons. The average Bonchev–Trinajstić information content (AvgIpc) is 3.29. The van der Waals surface area contributed by atoms with Gasteiger partial charge < -0.3 is 18.7 Å². The molecule has 3 rings (SSSR count). The van der Waals surface area contributed by atoms with Crippen LogP contribution in [-0.2, 0) is 47.5 Å². The fourth-order valence-electron chi connectivity index (χ4n) is 9.25. The van der Waals surface area contributed by atoms with Crippen LogP contribution in [0.2, 0.25) is 0 Å². The van der Waals surface area contributed by atoms with Crippen molar-refractivity contribution in [2.75, 3.05) is 26.2 Å². The number of rotatable bonds is 31. The van der Waals surface area contributed by atoms with Crippen molar-refractivity contribution >= 4 is 7.32 Å². The van der Waals surface area contributed by atoms with Crippen LogP contribution < -0.4 is 14.0 Å². The number of hydrogen-bond donors (Lipinski definition) is 0. The molecule has 0 saturated carbocycles. The Hall–Kier alpha value is -4.22. The number of benzene rings is 3. The van der Waals surface area contributed by atoms with Gasteiger partial charge in [0.25, 0.3) is 0 Å². The normalized spacial score (nSPS) is 14.0. The van der Waals surface area contributed by atoms with Crippen LogP contribution in [0.1, 0.15) is 189 Å². The van der Waals surface area contributed by atoms with Crippen molar-refractivity contribution < 1.29 is 102 Å². The summed E-state index contributed by atoms with van der Waals surface area (Å²) in [7, 11) is -3.35. The summed E-state index contributed by atoms with van der Waals surface area (Å²) in [5, 5.41) is 0. The lowest BCUT2D eigenvalue weighted by Gasteiger charge is -2.52. The van der Waals surface area contributed by atoms with E-state index in [9.17, 15) is 65.9 Å². The summed E-state index contributed by atoms with van der Waals surface area (Å²) in [4.78, 5) is 0. The Morgan fingerprint density at radius 2 is 0.671 bits per heavy atom. The molecule has 0 amide bonds. The van der Waals surface area contributed by atoms with Crippen molar-refractivity contribution in [2.45, 2.75) is 193 Å². The van der Waals surface area contributed by atoms with E-state index >= 15 is 13.2 Å². The number of unbranched alkanes of at least 4 members (excludes halogenated alkanes) is 15. The molecule has 0 saturated heterocycles. The van der Waals surface area contributed by atoms with E-state index in [2.05, 4.69) is 0 Å². The molecule has 1 unspecified atom stereocenters. The lowest BCUT2D eigenvalue weighted by molar-refractivity contribution is -1.01. The molecule has 24 heteroatoms. The molecule has 3 aromatic carbocycles. The zero-order valence-corrected chi connectivity index (χ0v) is 43.1. The molecule has 0 aliphatic rings. The van der Waals surface area contributed by atoms with Gasteiger partial charge in [0.2, 0.25) is 5.72 Å². The molecule has 0 aromatic heterocycles. The van der Waals surface area contributed by atoms with Crippen molar-refractivity contribution in [3.8, 4) is 17.2 Å². The van der Waals surface area contributed by atoms with Gasteiger partial charge in [0.1, 0.15) is 17.2 Å². The summed E-state index contributed by atoms with van der Waals surface area (Å²) < 4.78 is 284. The maximum absolute atomic E-state index is 15.9. The molecule has 0 heterocycles. The molecule has 1 atom stereocenters. The van der Waals surface area contributed by atoms with E-state index in [1.54, 1.807) is 0 Å². The van der Waals surface area contributed by atoms with Gasteiger partial charge in [-0.2, -0.15) is 79.0 Å². The van der Waals surface area contributed by atoms with Crippen LogP contribution in [0.3, 0.4) is 0 Å². The first kappa shape index (κ1) is 66.1. The average molecular weight is 1120 g/mol. The minimum atomic E-state index is -5.76. The number of quaternary nitrogens is 1. The zero-order chi connectivity index (χ0) is 57.4. The van der Waals surface area contributed by atoms with E-state index in [-0.39, 0.29) is 56.0 Å². The van der Waals surface area contributed by atoms with Gasteiger partial charge in [0, 0.05) is 6.92 Å². The second-order valence-electron chi connectivity index (χ2n) is 19.1. The quantitative estimate of drug-likeness (QED) is 0.0212. The van der Waals surface area contributed by atoms with E-state index in [0.717, 1.165) is 57.8 Å². The van der Waals surface area contributed by atoms with Crippen molar-refractivity contribution in [1.29, 1.82) is 0 Å². The maximum atomic E-state index is 15.9. The minimum Gasteiger partial charge on any atom is -0.490 e. The van der Waals surface area contributed by atoms with E-state index in [1.807, 2.05) is 20.8 Å². The van der Waals surface area contributed by atoms with Crippen LogP contribution in [0.15, 0.2) is 48.5 Å². The molecule has 0 radical (unpaired) electrons. The van der Waals surface area contributed by atoms with Gasteiger partial charge in [-0.15, -0.1) is 0 Å². The second kappa shape index (κ2) is 28.1. The van der Waals surface area contributed by atoms with Gasteiger partial charge in [-0.25, -0.2) is 0 Å². The molecule has 3 aromatic rings. The minimum absolute atomic E-state index is 0.00293. The van der Waals surface area contributed by atoms with Crippen LogP contribution in [0.5, 0.6) is 17.2 Å². The summed E-state index contributed by atoms with van der Waals surface area (Å²) in [6.07, 6.45) is -21.5. The molecule has 0 bridgehead atoms. The van der Waals surface area contributed by atoms with Crippen LogP contribution in [0, 0.1) is 0 Å². The zero-order valence-electron chi connectivity index (χ0n) is 43.1. The van der Waals surface area contributed by atoms with Crippen LogP contribution >= 0.6 is 0 Å². The lowest BCUT2D eigenvalue weighted by atomic mass is 9.88. The third kappa shape index (κ3) is 19.6. The molecule has 76 heavy (non-hydrogen) atoms. The van der Waals surface area contributed by atoms with Gasteiger partial charge >= 0.3 is 44.4 Å². The number of nitrogens with zero attached hydrogens (tertiary/aromatic N) is 1. The molecule has 0 N–H and O–H groups in total. The molecular formula is C52H67BF18NO4+. The predicted octanol–water partition coefficient (Wildman–Crippen LogP) is 19.4. The van der Waals surface area contributed by atoms with Gasteiger partial charge in [-0.05, 0) is 94.0 Å². The Morgan fingerprint density at radius 3 is 0.961 bits per heavy atom. The molecule has 0 aliphatic heterocycles. The highest BCUT2D eigenvalue weighted by Crippen LogP contribution is 2.51. The topological polar surface area (TPSA) is 36.9 Å². The van der Waals surface area contributed by atoms with Crippen molar-refractivity contribution in [3.63, 3.8) is 0 Å². The summed E-state index contributed by atoms with van der Waals surface area (Å²) in [6.45, 7) is 8.25. The summed E-state index contributed by atoms with van der Waals surface area (Å²) in [5.74, 6) is -4.72. The summed E-state index contributed by atoms with van der Waals surface area (Å²) in [6, 6.07) is -1.57. The van der Waals surface area contributed by atoms with E-state index in [0.29, 0.717) is 57.8 Å². The fourth-order valence-corrected chi connectivity index (χ4v) is 9.25. The third-order valence-corrected chi connectivity index (χ3v) is 13.2. The smallest absolute Gasteiger partial charge is 0.490 e. The Balaban J connectivity index is 2.62. The van der Waals surface area contributed by atoms with Gasteiger partial charge in [-0.3, -0.25) is 4.48 Å². The van der Waals surface area contributed by atoms with E-state index in [1.165, 1.54) is 13.8 Å². The Morgan fingerprint density at radius 1 is 0.368 bits per heavy atom. The third-order valence-electron chi connectivity index (χ3n) is 13.2. The van der Waals surface area contributed by atoms with Crippen LogP contribution in [0.4, 0.5) is 79.0 Å². The molecule has 5 nitrogen and oxygen atoms in total. The van der Waals surface area contributed by atoms with E-state index < -0.39 is 130 Å². The monoisotopic (exact) mass is 1120 g/mol. The van der Waals surface area contributed by atoms with Crippen molar-refractivity contribution in [3.05, 3.63) is 87.5 Å². The standard InChI is InChI=1S/C52H67BF18NO4/c1-6-10-13-16-19-22-25-72(26-23-20-17-14-11-7-2,27-24-21-18-15-12-8-3)46(5,73-9-4)45-43(52(69,70)71)34-40(51(66,67)68)35-44(45)76-53(74-41-30-36(47(54,55)56)28-37(31-41)48(57,58)59)75-42-32-38(49(60,61)62)29-39(33-42)50(63,64)65/h28-35H,6-27H2,1-5H3/q+1. The van der Waals surface area contributed by atoms with Crippen molar-refractivity contribution in [1.82, 2.24) is 0 Å². The number of alkyl halides is 18. The number of halogens is 18. The molecule has 0 fully saturated rings. The SMILES string of the molecule is CCCCCCCC[N+](CCCCCCCC)(CCCCCCCC)C(C)(OCC)c1c(OB(Oc2cc(C(F)(F)F)cc(C(F)(F)F)c2)Oc2cc(C(F)(F)F)cc(C(F)(F)F)c2)cc(C(F)(F)F)cc1C(F)(F)F. The highest BCUT2D eigenvalue weighted by molar-refractivity contribution is 6.39. The molecule has 0 spiro atoms. The van der Waals surface area contributed by atoms with E-state index in [4.69, 9.17) is 18.7 Å². The van der Waals surface area contributed by atoms with Gasteiger partial charge in [0.05, 0.1) is 65.2 Å². The summed E-state index contributed by atoms with van der Waals surface area (Å²) >= 11 is 0. The lowest BCUT2D eigenvalue weighted by Crippen LogP contribution is -2.64. The van der Waals surface area contributed by atoms with Gasteiger partial charge in [0.15, 0.2) is 0 Å². The number of ether oxygens (including phenoxy) is 1. The Labute approximate surface area is 432 Å². The Kier molecular flexibility index (Phi) is 24.4. The molecular weight excluding hydrogens is 1060 g/mol. The molecule has 0 aliphatic carbocycles. The van der Waals surface area contributed by atoms with Gasteiger partial charge in [-0.1, -0.05) is 97.8 Å². The summed E-state index contributed by atoms with van der Waals surface area (Å²) in [5.41, 5.74) is -16.2. The van der Waals surface area contributed by atoms with Crippen LogP contribution in [0.25, 0.3) is 0 Å². The predicted molar refractivity (Wildman–Crippen MR) is 251 cm³/mol. The highest BCUT2D eigenvalue weighted by Gasteiger charge is 2.56. The first-order valence-electron chi connectivity index (χ1n) is 25.6. The second-order valence-corrected chi connectivity index (χ2v) is 19.1. The fraction of sp³-hybridized carbons (Fsp3) is 0.654. The Bertz CT molecular complexity index is 2040. The first-order chi connectivity index (χ1) is 35.2. The van der Waals surface area contributed by atoms with Crippen molar-refractivity contribution in [2.24, 2.45) is 0 Å². The van der Waals surface area contributed by atoms with Crippen LogP contribution in [-0.4, -0.2) is 38.0 Å². The maximum Gasteiger partial charge on any atom is 0.864 e.